The molecule has 5 rings (SSSR count). The Hall–Kier alpha value is -4.33. The van der Waals surface area contributed by atoms with Crippen LogP contribution in [-0.4, -0.2) is 39.9 Å². The molecule has 39 heavy (non-hydrogen) atoms. The number of nitrogens with zero attached hydrogens (tertiary/aromatic N) is 4. The number of aromatic nitrogens is 2. The van der Waals surface area contributed by atoms with Gasteiger partial charge in [-0.1, -0.05) is 73.2 Å². The molecule has 1 aliphatic carbocycles. The Labute approximate surface area is 229 Å². The lowest BCUT2D eigenvalue weighted by Gasteiger charge is -2.34. The van der Waals surface area contributed by atoms with Gasteiger partial charge in [0.2, 0.25) is 11.8 Å². The Balaban J connectivity index is 1.13. The number of amidine groups is 1. The average Bonchev–Trinajstić information content (AvgIpc) is 2.94. The van der Waals surface area contributed by atoms with E-state index in [0.717, 1.165) is 42.5 Å². The van der Waals surface area contributed by atoms with E-state index in [2.05, 4.69) is 32.0 Å². The molecule has 2 N–H and O–H groups in total. The van der Waals surface area contributed by atoms with Crippen molar-refractivity contribution in [1.82, 2.24) is 20.5 Å². The van der Waals surface area contributed by atoms with E-state index in [1.807, 2.05) is 84.9 Å². The normalized spacial score (nSPS) is 19.1. The minimum atomic E-state index is -0.107. The van der Waals surface area contributed by atoms with E-state index < -0.39 is 0 Å². The van der Waals surface area contributed by atoms with Crippen molar-refractivity contribution < 1.29 is 9.59 Å². The fourth-order valence-electron chi connectivity index (χ4n) is 5.43. The maximum atomic E-state index is 12.5. The maximum Gasteiger partial charge on any atom is 0.229 e. The zero-order valence-corrected chi connectivity index (χ0v) is 22.2. The first-order chi connectivity index (χ1) is 19.0. The maximum absolute atomic E-state index is 12.5. The lowest BCUT2D eigenvalue weighted by Crippen LogP contribution is -2.36. The van der Waals surface area contributed by atoms with Gasteiger partial charge in [-0.3, -0.25) is 14.6 Å². The monoisotopic (exact) mass is 522 g/mol. The van der Waals surface area contributed by atoms with Crippen molar-refractivity contribution in [3.63, 3.8) is 0 Å². The molecular formula is C31H34N6O2. The molecule has 1 aromatic heterocycles. The molecule has 2 aliphatic rings. The van der Waals surface area contributed by atoms with E-state index in [4.69, 9.17) is 0 Å². The highest BCUT2D eigenvalue weighted by atomic mass is 16.2. The van der Waals surface area contributed by atoms with E-state index in [1.165, 1.54) is 5.70 Å². The zero-order chi connectivity index (χ0) is 27.0. The summed E-state index contributed by atoms with van der Waals surface area (Å²) in [5, 5.41) is 21.1. The van der Waals surface area contributed by atoms with Crippen molar-refractivity contribution in [2.45, 2.75) is 50.9 Å². The number of anilines is 1. The molecule has 2 aromatic carbocycles. The molecule has 3 aromatic rings. The van der Waals surface area contributed by atoms with E-state index in [-0.39, 0.29) is 11.8 Å². The molecule has 1 fully saturated rings. The lowest BCUT2D eigenvalue weighted by atomic mass is 9.78. The summed E-state index contributed by atoms with van der Waals surface area (Å²) < 4.78 is 0. The summed E-state index contributed by atoms with van der Waals surface area (Å²) in [4.78, 5) is 24.8. The summed E-state index contributed by atoms with van der Waals surface area (Å²) in [6.45, 7) is 0. The second-order valence-corrected chi connectivity index (χ2v) is 10.2. The smallest absolute Gasteiger partial charge is 0.229 e. The molecule has 2 atom stereocenters. The predicted molar refractivity (Wildman–Crippen MR) is 152 cm³/mol. The third kappa shape index (κ3) is 7.16. The zero-order valence-electron chi connectivity index (χ0n) is 22.2. The minimum Gasteiger partial charge on any atom is -0.312 e. The number of carbonyl (C=O) groups excluding carboxylic acids is 2. The number of hydrogen-bond acceptors (Lipinski definition) is 6. The molecule has 0 saturated heterocycles. The van der Waals surface area contributed by atoms with Crippen LogP contribution in [0.5, 0.6) is 0 Å². The molecule has 1 aliphatic heterocycles. The van der Waals surface area contributed by atoms with Gasteiger partial charge in [-0.25, -0.2) is 0 Å². The van der Waals surface area contributed by atoms with Gasteiger partial charge in [0.1, 0.15) is 5.84 Å². The van der Waals surface area contributed by atoms with Crippen molar-refractivity contribution >= 4 is 23.5 Å². The van der Waals surface area contributed by atoms with Crippen LogP contribution in [0.1, 0.15) is 54.8 Å². The van der Waals surface area contributed by atoms with Crippen LogP contribution in [0, 0.1) is 5.92 Å². The van der Waals surface area contributed by atoms with Crippen LogP contribution in [0.15, 0.2) is 89.7 Å². The Kier molecular flexibility index (Phi) is 8.41. The van der Waals surface area contributed by atoms with Crippen LogP contribution >= 0.6 is 0 Å². The van der Waals surface area contributed by atoms with E-state index >= 15 is 0 Å². The lowest BCUT2D eigenvalue weighted by molar-refractivity contribution is -0.119. The SMILES string of the molecule is CN1N=C(NC(=O)Cc2ccccc2)CC=C1C1CCCC(c2ccc(NC(=O)Cc3ccccc3)nn2)C1. The number of hydrazone groups is 1. The number of rotatable bonds is 7. The number of amides is 2. The van der Waals surface area contributed by atoms with E-state index in [1.54, 1.807) is 0 Å². The summed E-state index contributed by atoms with van der Waals surface area (Å²) in [5.41, 5.74) is 4.09. The summed E-state index contributed by atoms with van der Waals surface area (Å²) in [6, 6.07) is 23.2. The first kappa shape index (κ1) is 26.3. The summed E-state index contributed by atoms with van der Waals surface area (Å²) in [5.74, 6) is 1.65. The molecule has 2 amide bonds. The molecule has 0 radical (unpaired) electrons. The van der Waals surface area contributed by atoms with Gasteiger partial charge >= 0.3 is 0 Å². The first-order valence-electron chi connectivity index (χ1n) is 13.6. The number of benzene rings is 2. The summed E-state index contributed by atoms with van der Waals surface area (Å²) in [7, 11) is 1.95. The van der Waals surface area contributed by atoms with Crippen molar-refractivity contribution in [2.75, 3.05) is 12.4 Å². The van der Waals surface area contributed by atoms with Gasteiger partial charge < -0.3 is 10.6 Å². The van der Waals surface area contributed by atoms with Crippen LogP contribution < -0.4 is 10.6 Å². The Morgan fingerprint density at radius 1 is 0.821 bits per heavy atom. The van der Waals surface area contributed by atoms with Crippen molar-refractivity contribution in [1.29, 1.82) is 0 Å². The Morgan fingerprint density at radius 3 is 2.08 bits per heavy atom. The number of hydrogen-bond donors (Lipinski definition) is 2. The Morgan fingerprint density at radius 2 is 1.46 bits per heavy atom. The van der Waals surface area contributed by atoms with Gasteiger partial charge in [-0.05, 0) is 42.5 Å². The van der Waals surface area contributed by atoms with Gasteiger partial charge in [0.05, 0.1) is 18.5 Å². The van der Waals surface area contributed by atoms with E-state index in [0.29, 0.717) is 42.8 Å². The minimum absolute atomic E-state index is 0.0544. The molecule has 200 valence electrons. The Bertz CT molecular complexity index is 1340. The summed E-state index contributed by atoms with van der Waals surface area (Å²) in [6.07, 6.45) is 7.66. The molecule has 8 heteroatoms. The summed E-state index contributed by atoms with van der Waals surface area (Å²) >= 11 is 0. The molecule has 0 bridgehead atoms. The molecule has 2 unspecified atom stereocenters. The van der Waals surface area contributed by atoms with Crippen LogP contribution in [0.4, 0.5) is 5.82 Å². The first-order valence-corrected chi connectivity index (χ1v) is 13.6. The second kappa shape index (κ2) is 12.5. The number of allylic oxidation sites excluding steroid dienone is 1. The standard InChI is InChI=1S/C31H34N6O2/c1-37-27(16-18-29(36-37)33-31(39)20-23-11-6-3-7-12-23)25-14-8-13-24(21-25)26-15-17-28(35-34-26)32-30(38)19-22-9-4-2-5-10-22/h2-7,9-12,15-17,24-25H,8,13-14,18-21H2,1H3,(H,32,35,38)(H,33,36,39). The fraction of sp³-hybridized carbons (Fsp3) is 0.323. The van der Waals surface area contributed by atoms with Crippen LogP contribution in [0.25, 0.3) is 0 Å². The quantitative estimate of drug-likeness (QED) is 0.463. The molecular weight excluding hydrogens is 488 g/mol. The largest absolute Gasteiger partial charge is 0.312 e. The van der Waals surface area contributed by atoms with Crippen molar-refractivity contribution in [3.8, 4) is 0 Å². The van der Waals surface area contributed by atoms with Gasteiger partial charge in [-0.15, -0.1) is 5.10 Å². The third-order valence-electron chi connectivity index (χ3n) is 7.31. The van der Waals surface area contributed by atoms with Gasteiger partial charge in [0, 0.05) is 31.0 Å². The van der Waals surface area contributed by atoms with Gasteiger partial charge in [0.15, 0.2) is 5.82 Å². The topological polar surface area (TPSA) is 99.6 Å². The van der Waals surface area contributed by atoms with Crippen molar-refractivity contribution in [3.05, 3.63) is 101 Å². The highest BCUT2D eigenvalue weighted by Gasteiger charge is 2.30. The van der Waals surface area contributed by atoms with Crippen LogP contribution in [0.2, 0.25) is 0 Å². The van der Waals surface area contributed by atoms with Gasteiger partial charge in [-0.2, -0.15) is 10.2 Å². The molecule has 0 spiro atoms. The van der Waals surface area contributed by atoms with Gasteiger partial charge in [0.25, 0.3) is 0 Å². The molecule has 1 saturated carbocycles. The highest BCUT2D eigenvalue weighted by Crippen LogP contribution is 2.40. The average molecular weight is 523 g/mol. The number of carbonyl (C=O) groups is 2. The van der Waals surface area contributed by atoms with E-state index in [9.17, 15) is 9.59 Å². The predicted octanol–water partition coefficient (Wildman–Crippen LogP) is 4.82. The number of nitrogens with one attached hydrogen (secondary N) is 2. The highest BCUT2D eigenvalue weighted by molar-refractivity contribution is 5.99. The van der Waals surface area contributed by atoms with Crippen LogP contribution in [-0.2, 0) is 22.4 Å². The molecule has 2 heterocycles. The second-order valence-electron chi connectivity index (χ2n) is 10.2. The van der Waals surface area contributed by atoms with Crippen molar-refractivity contribution in [2.24, 2.45) is 11.0 Å². The fourth-order valence-corrected chi connectivity index (χ4v) is 5.43. The van der Waals surface area contributed by atoms with Crippen LogP contribution in [0.3, 0.4) is 0 Å². The third-order valence-corrected chi connectivity index (χ3v) is 7.31. The molecule has 8 nitrogen and oxygen atoms in total.